The fraction of sp³-hybridized carbons (Fsp3) is 0.500. The molecule has 1 aliphatic heterocycles. The molecule has 8 heteroatoms. The summed E-state index contributed by atoms with van der Waals surface area (Å²) >= 11 is 0. The number of likely N-dealkylation sites (tertiary alicyclic amines) is 1. The molecule has 2 amide bonds. The number of nitrogens with zero attached hydrogens (tertiary/aromatic N) is 4. The van der Waals surface area contributed by atoms with Gasteiger partial charge in [-0.15, -0.1) is 0 Å². The predicted octanol–water partition coefficient (Wildman–Crippen LogP) is 5.27. The Morgan fingerprint density at radius 3 is 2.67 bits per heavy atom. The highest BCUT2D eigenvalue weighted by Gasteiger charge is 2.31. The van der Waals surface area contributed by atoms with Crippen LogP contribution < -0.4 is 5.32 Å². The van der Waals surface area contributed by atoms with Gasteiger partial charge in [0.2, 0.25) is 11.8 Å². The van der Waals surface area contributed by atoms with E-state index in [0.717, 1.165) is 67.4 Å². The first-order valence-electron chi connectivity index (χ1n) is 13.0. The van der Waals surface area contributed by atoms with Crippen LogP contribution in [0.4, 0.5) is 10.2 Å². The minimum absolute atomic E-state index is 0.0586. The van der Waals surface area contributed by atoms with Crippen molar-refractivity contribution < 1.29 is 14.0 Å². The van der Waals surface area contributed by atoms with Gasteiger partial charge in [0.1, 0.15) is 11.3 Å². The van der Waals surface area contributed by atoms with Crippen LogP contribution >= 0.6 is 0 Å². The summed E-state index contributed by atoms with van der Waals surface area (Å²) in [6.07, 6.45) is 6.76. The quantitative estimate of drug-likeness (QED) is 0.510. The van der Waals surface area contributed by atoms with Crippen LogP contribution in [0.25, 0.3) is 22.0 Å². The van der Waals surface area contributed by atoms with Crippen LogP contribution in [0, 0.1) is 17.7 Å². The third-order valence-corrected chi connectivity index (χ3v) is 7.66. The van der Waals surface area contributed by atoms with Crippen molar-refractivity contribution in [3.63, 3.8) is 0 Å². The summed E-state index contributed by atoms with van der Waals surface area (Å²) in [5, 5.41) is 8.14. The number of aromatic nitrogens is 3. The van der Waals surface area contributed by atoms with Crippen molar-refractivity contribution in [2.24, 2.45) is 18.9 Å². The molecular weight excluding hydrogens is 457 g/mol. The smallest absolute Gasteiger partial charge is 0.228 e. The van der Waals surface area contributed by atoms with E-state index in [-0.39, 0.29) is 35.4 Å². The number of benzene rings is 1. The van der Waals surface area contributed by atoms with Crippen LogP contribution in [0.5, 0.6) is 0 Å². The molecule has 190 valence electrons. The molecule has 7 nitrogen and oxygen atoms in total. The molecule has 2 atom stereocenters. The lowest BCUT2D eigenvalue weighted by Gasteiger charge is -2.34. The van der Waals surface area contributed by atoms with E-state index in [2.05, 4.69) is 29.2 Å². The van der Waals surface area contributed by atoms with E-state index >= 15 is 0 Å². The maximum absolute atomic E-state index is 15.0. The van der Waals surface area contributed by atoms with Gasteiger partial charge < -0.3 is 10.2 Å². The average molecular weight is 492 g/mol. The third-order valence-electron chi connectivity index (χ3n) is 7.66. The zero-order valence-corrected chi connectivity index (χ0v) is 21.3. The molecule has 0 unspecified atom stereocenters. The molecule has 36 heavy (non-hydrogen) atoms. The summed E-state index contributed by atoms with van der Waals surface area (Å²) in [6, 6.07) is 7.06. The Morgan fingerprint density at radius 1 is 1.14 bits per heavy atom. The predicted molar refractivity (Wildman–Crippen MR) is 138 cm³/mol. The van der Waals surface area contributed by atoms with Crippen LogP contribution in [0.3, 0.4) is 0 Å². The molecule has 1 aromatic carbocycles. The van der Waals surface area contributed by atoms with Gasteiger partial charge in [0.15, 0.2) is 5.82 Å². The molecule has 5 rings (SSSR count). The maximum atomic E-state index is 15.0. The van der Waals surface area contributed by atoms with Crippen LogP contribution in [0.15, 0.2) is 30.5 Å². The highest BCUT2D eigenvalue weighted by molar-refractivity contribution is 5.93. The standard InChI is InChI=1S/C28H34FN5O2/c1-17(2)27-22-14-21(15-23(29)26(22)32-33(27)3)19-8-9-30-24(16-19)31-28(36)20-7-4-6-18(12-20)13-25(35)34-10-5-11-34/h8-9,14-18,20H,4-7,10-13H2,1-3H3,(H,30,31,36)/t18-,20+/m1/s1. The normalized spacial score (nSPS) is 20.0. The highest BCUT2D eigenvalue weighted by atomic mass is 19.1. The zero-order valence-electron chi connectivity index (χ0n) is 21.3. The number of nitrogens with one attached hydrogen (secondary N) is 1. The number of amides is 2. The number of fused-ring (bicyclic) bond motifs is 1. The minimum atomic E-state index is -0.367. The molecule has 2 aliphatic rings. The summed E-state index contributed by atoms with van der Waals surface area (Å²) in [6.45, 7) is 5.87. The topological polar surface area (TPSA) is 80.1 Å². The summed E-state index contributed by atoms with van der Waals surface area (Å²) in [7, 11) is 1.84. The van der Waals surface area contributed by atoms with Crippen molar-refractivity contribution in [1.29, 1.82) is 0 Å². The van der Waals surface area contributed by atoms with Crippen molar-refractivity contribution >= 4 is 28.5 Å². The Balaban J connectivity index is 1.31. The van der Waals surface area contributed by atoms with Crippen molar-refractivity contribution in [3.05, 3.63) is 42.0 Å². The Bertz CT molecular complexity index is 1300. The van der Waals surface area contributed by atoms with Gasteiger partial charge in [-0.25, -0.2) is 9.37 Å². The average Bonchev–Trinajstić information content (AvgIpc) is 3.15. The summed E-state index contributed by atoms with van der Waals surface area (Å²) < 4.78 is 16.7. The number of hydrogen-bond donors (Lipinski definition) is 1. The number of hydrogen-bond acceptors (Lipinski definition) is 4. The van der Waals surface area contributed by atoms with Crippen molar-refractivity contribution in [2.45, 2.75) is 58.3 Å². The number of anilines is 1. The first kappa shape index (κ1) is 24.4. The van der Waals surface area contributed by atoms with Crippen LogP contribution in [0.1, 0.15) is 64.0 Å². The minimum Gasteiger partial charge on any atom is -0.343 e. The van der Waals surface area contributed by atoms with Crippen molar-refractivity contribution in [1.82, 2.24) is 19.7 Å². The fourth-order valence-electron chi connectivity index (χ4n) is 5.69. The summed E-state index contributed by atoms with van der Waals surface area (Å²) in [5.41, 5.74) is 2.84. The summed E-state index contributed by atoms with van der Waals surface area (Å²) in [5.74, 6) is 0.571. The number of halogens is 1. The molecular formula is C28H34FN5O2. The molecule has 2 aromatic heterocycles. The first-order chi connectivity index (χ1) is 17.3. The van der Waals surface area contributed by atoms with Gasteiger partial charge in [0.05, 0.1) is 0 Å². The molecule has 1 saturated heterocycles. The molecule has 0 radical (unpaired) electrons. The number of aryl methyl sites for hydroxylation is 1. The number of carbonyl (C=O) groups excluding carboxylic acids is 2. The number of pyridine rings is 1. The van der Waals surface area contributed by atoms with E-state index in [1.54, 1.807) is 16.9 Å². The molecule has 1 N–H and O–H groups in total. The lowest BCUT2D eigenvalue weighted by Crippen LogP contribution is -2.43. The van der Waals surface area contributed by atoms with Gasteiger partial charge in [-0.3, -0.25) is 14.3 Å². The van der Waals surface area contributed by atoms with Crippen molar-refractivity contribution in [3.8, 4) is 11.1 Å². The van der Waals surface area contributed by atoms with Gasteiger partial charge in [-0.1, -0.05) is 20.3 Å². The van der Waals surface area contributed by atoms with Gasteiger partial charge in [-0.2, -0.15) is 5.10 Å². The third kappa shape index (κ3) is 4.86. The van der Waals surface area contributed by atoms with E-state index in [1.807, 2.05) is 24.1 Å². The Labute approximate surface area is 211 Å². The molecule has 1 aliphatic carbocycles. The highest BCUT2D eigenvalue weighted by Crippen LogP contribution is 2.34. The molecule has 1 saturated carbocycles. The van der Waals surface area contributed by atoms with Crippen molar-refractivity contribution in [2.75, 3.05) is 18.4 Å². The maximum Gasteiger partial charge on any atom is 0.228 e. The molecule has 3 heterocycles. The van der Waals surface area contributed by atoms with E-state index < -0.39 is 0 Å². The van der Waals surface area contributed by atoms with Gasteiger partial charge in [-0.05, 0) is 72.9 Å². The molecule has 3 aromatic rings. The largest absolute Gasteiger partial charge is 0.343 e. The van der Waals surface area contributed by atoms with E-state index in [1.165, 1.54) is 6.07 Å². The van der Waals surface area contributed by atoms with E-state index in [4.69, 9.17) is 0 Å². The summed E-state index contributed by atoms with van der Waals surface area (Å²) in [4.78, 5) is 31.7. The number of carbonyl (C=O) groups is 2. The monoisotopic (exact) mass is 491 g/mol. The Morgan fingerprint density at radius 2 is 1.94 bits per heavy atom. The Hall–Kier alpha value is -3.29. The molecule has 0 bridgehead atoms. The van der Waals surface area contributed by atoms with Crippen LogP contribution in [-0.4, -0.2) is 44.6 Å². The second-order valence-corrected chi connectivity index (χ2v) is 10.6. The molecule has 2 fully saturated rings. The van der Waals surface area contributed by atoms with Crippen LogP contribution in [0.2, 0.25) is 0 Å². The van der Waals surface area contributed by atoms with E-state index in [9.17, 15) is 14.0 Å². The first-order valence-corrected chi connectivity index (χ1v) is 13.0. The zero-order chi connectivity index (χ0) is 25.4. The fourth-order valence-corrected chi connectivity index (χ4v) is 5.69. The SMILES string of the molecule is CC(C)c1c2cc(-c3ccnc(NC(=O)[C@H]4CCC[C@@H](CC(=O)N5CCC5)C4)c3)cc(F)c2nn1C. The lowest BCUT2D eigenvalue weighted by molar-refractivity contribution is -0.136. The lowest BCUT2D eigenvalue weighted by atomic mass is 9.79. The van der Waals surface area contributed by atoms with E-state index in [0.29, 0.717) is 17.8 Å². The molecule has 0 spiro atoms. The second kappa shape index (κ2) is 9.99. The van der Waals surface area contributed by atoms with Crippen LogP contribution in [-0.2, 0) is 16.6 Å². The Kier molecular flexibility index (Phi) is 6.77. The number of rotatable bonds is 6. The van der Waals surface area contributed by atoms with Gasteiger partial charge >= 0.3 is 0 Å². The van der Waals surface area contributed by atoms with Gasteiger partial charge in [0, 0.05) is 49.8 Å². The van der Waals surface area contributed by atoms with Gasteiger partial charge in [0.25, 0.3) is 0 Å². The second-order valence-electron chi connectivity index (χ2n) is 10.6.